The summed E-state index contributed by atoms with van der Waals surface area (Å²) in [5, 5.41) is 3.47. The number of aromatic nitrogens is 1. The smallest absolute Gasteiger partial charge is 0.253 e. The molecule has 1 aliphatic rings. The maximum atomic E-state index is 12.5. The molecule has 1 fully saturated rings. The molecule has 1 N–H and O–H groups in total. The fourth-order valence-corrected chi connectivity index (χ4v) is 3.64. The van der Waals surface area contributed by atoms with Crippen molar-refractivity contribution < 1.29 is 9.53 Å². The number of carbonyl (C=O) groups is 1. The van der Waals surface area contributed by atoms with Crippen molar-refractivity contribution in [3.63, 3.8) is 0 Å². The van der Waals surface area contributed by atoms with E-state index in [0.717, 1.165) is 32.5 Å². The SMILES string of the molecule is Cc1cccc(CN2CCC(NC(=O)c3cnc(OC(C)C)c(Cl)c3)CC2)c1. The summed E-state index contributed by atoms with van der Waals surface area (Å²) in [6, 6.07) is 10.4. The molecule has 3 rings (SSSR count). The molecule has 1 aromatic heterocycles. The Labute approximate surface area is 172 Å². The predicted molar refractivity (Wildman–Crippen MR) is 112 cm³/mol. The molecule has 2 heterocycles. The topological polar surface area (TPSA) is 54.5 Å². The van der Waals surface area contributed by atoms with Crippen molar-refractivity contribution in [2.75, 3.05) is 13.1 Å². The van der Waals surface area contributed by atoms with Gasteiger partial charge in [-0.05, 0) is 45.2 Å². The van der Waals surface area contributed by atoms with E-state index < -0.39 is 0 Å². The van der Waals surface area contributed by atoms with Crippen molar-refractivity contribution in [1.29, 1.82) is 0 Å². The lowest BCUT2D eigenvalue weighted by Crippen LogP contribution is -2.44. The molecule has 0 saturated carbocycles. The van der Waals surface area contributed by atoms with E-state index >= 15 is 0 Å². The summed E-state index contributed by atoms with van der Waals surface area (Å²) in [5.74, 6) is 0.223. The van der Waals surface area contributed by atoms with E-state index in [0.29, 0.717) is 16.5 Å². The van der Waals surface area contributed by atoms with Gasteiger partial charge in [0.25, 0.3) is 5.91 Å². The van der Waals surface area contributed by atoms with Crippen LogP contribution in [-0.2, 0) is 6.54 Å². The molecule has 1 aromatic carbocycles. The minimum absolute atomic E-state index is 0.0188. The molecule has 1 saturated heterocycles. The van der Waals surface area contributed by atoms with Gasteiger partial charge in [0.05, 0.1) is 11.7 Å². The predicted octanol–water partition coefficient (Wildman–Crippen LogP) is 4.23. The van der Waals surface area contributed by atoms with Crippen molar-refractivity contribution >= 4 is 17.5 Å². The van der Waals surface area contributed by atoms with Gasteiger partial charge >= 0.3 is 0 Å². The molecule has 0 atom stereocenters. The van der Waals surface area contributed by atoms with Crippen molar-refractivity contribution in [1.82, 2.24) is 15.2 Å². The van der Waals surface area contributed by atoms with Crippen LogP contribution in [0.2, 0.25) is 5.02 Å². The van der Waals surface area contributed by atoms with Crippen LogP contribution in [0.3, 0.4) is 0 Å². The molecule has 0 radical (unpaired) electrons. The van der Waals surface area contributed by atoms with Gasteiger partial charge in [-0.25, -0.2) is 4.98 Å². The normalized spacial score (nSPS) is 15.6. The highest BCUT2D eigenvalue weighted by Crippen LogP contribution is 2.23. The van der Waals surface area contributed by atoms with Gasteiger partial charge in [0, 0.05) is 31.9 Å². The molecule has 1 amide bonds. The standard InChI is InChI=1S/C22H28ClN3O2/c1-15(2)28-22-20(23)12-18(13-24-22)21(27)25-19-7-9-26(10-8-19)14-17-6-4-5-16(3)11-17/h4-6,11-13,15,19H,7-10,14H2,1-3H3,(H,25,27). The number of halogens is 1. The van der Waals surface area contributed by atoms with Crippen LogP contribution in [0.5, 0.6) is 5.88 Å². The van der Waals surface area contributed by atoms with Gasteiger partial charge < -0.3 is 10.1 Å². The molecule has 1 aliphatic heterocycles. The summed E-state index contributed by atoms with van der Waals surface area (Å²) in [6.07, 6.45) is 3.38. The summed E-state index contributed by atoms with van der Waals surface area (Å²) < 4.78 is 5.52. The maximum absolute atomic E-state index is 12.5. The molecular weight excluding hydrogens is 374 g/mol. The maximum Gasteiger partial charge on any atom is 0.253 e. The van der Waals surface area contributed by atoms with Crippen LogP contribution < -0.4 is 10.1 Å². The van der Waals surface area contributed by atoms with Crippen molar-refractivity contribution in [3.05, 3.63) is 58.2 Å². The molecule has 0 spiro atoms. The van der Waals surface area contributed by atoms with Crippen LogP contribution in [0, 0.1) is 6.92 Å². The molecule has 0 aliphatic carbocycles. The summed E-state index contributed by atoms with van der Waals surface area (Å²) in [4.78, 5) is 19.2. The first kappa shape index (κ1) is 20.6. The highest BCUT2D eigenvalue weighted by Gasteiger charge is 2.22. The van der Waals surface area contributed by atoms with Gasteiger partial charge in [0.15, 0.2) is 0 Å². The number of hydrogen-bond donors (Lipinski definition) is 1. The molecule has 5 nitrogen and oxygen atoms in total. The molecule has 150 valence electrons. The Morgan fingerprint density at radius 2 is 2.07 bits per heavy atom. The second kappa shape index (κ2) is 9.39. The Morgan fingerprint density at radius 3 is 2.71 bits per heavy atom. The van der Waals surface area contributed by atoms with Crippen LogP contribution in [0.4, 0.5) is 0 Å². The van der Waals surface area contributed by atoms with Crippen molar-refractivity contribution in [2.45, 2.75) is 52.3 Å². The molecule has 6 heteroatoms. The van der Waals surface area contributed by atoms with E-state index in [2.05, 4.69) is 46.4 Å². The highest BCUT2D eigenvalue weighted by atomic mass is 35.5. The van der Waals surface area contributed by atoms with Crippen LogP contribution in [0.15, 0.2) is 36.5 Å². The number of ether oxygens (including phenoxy) is 1. The Morgan fingerprint density at radius 1 is 1.32 bits per heavy atom. The third kappa shape index (κ3) is 5.69. The first-order valence-corrected chi connectivity index (χ1v) is 10.2. The van der Waals surface area contributed by atoms with Crippen molar-refractivity contribution in [3.8, 4) is 5.88 Å². The van der Waals surface area contributed by atoms with Gasteiger partial charge in [-0.2, -0.15) is 0 Å². The number of aryl methyl sites for hydroxylation is 1. The molecule has 0 bridgehead atoms. The molecule has 0 unspecified atom stereocenters. The zero-order chi connectivity index (χ0) is 20.1. The second-order valence-electron chi connectivity index (χ2n) is 7.69. The number of nitrogens with one attached hydrogen (secondary N) is 1. The number of carbonyl (C=O) groups excluding carboxylic acids is 1. The van der Waals surface area contributed by atoms with E-state index in [1.54, 1.807) is 6.07 Å². The third-order valence-electron chi connectivity index (χ3n) is 4.83. The Bertz CT molecular complexity index is 817. The lowest BCUT2D eigenvalue weighted by Gasteiger charge is -2.32. The molecule has 28 heavy (non-hydrogen) atoms. The second-order valence-corrected chi connectivity index (χ2v) is 8.10. The summed E-state index contributed by atoms with van der Waals surface area (Å²) >= 11 is 6.19. The lowest BCUT2D eigenvalue weighted by molar-refractivity contribution is 0.0908. The first-order chi connectivity index (χ1) is 13.4. The number of pyridine rings is 1. The first-order valence-electron chi connectivity index (χ1n) is 9.81. The molecular formula is C22H28ClN3O2. The van der Waals surface area contributed by atoms with Crippen LogP contribution >= 0.6 is 11.6 Å². The fourth-order valence-electron chi connectivity index (χ4n) is 3.43. The summed E-state index contributed by atoms with van der Waals surface area (Å²) in [7, 11) is 0. The van der Waals surface area contributed by atoms with E-state index in [-0.39, 0.29) is 18.1 Å². The average molecular weight is 402 g/mol. The Balaban J connectivity index is 1.50. The lowest BCUT2D eigenvalue weighted by atomic mass is 10.0. The van der Waals surface area contributed by atoms with E-state index in [1.165, 1.54) is 17.3 Å². The number of amides is 1. The largest absolute Gasteiger partial charge is 0.474 e. The quantitative estimate of drug-likeness (QED) is 0.787. The fraction of sp³-hybridized carbons (Fsp3) is 0.455. The Hall–Kier alpha value is -2.11. The number of likely N-dealkylation sites (tertiary alicyclic amines) is 1. The van der Waals surface area contributed by atoms with Gasteiger partial charge in [-0.15, -0.1) is 0 Å². The van der Waals surface area contributed by atoms with Gasteiger partial charge in [-0.1, -0.05) is 41.4 Å². The number of benzene rings is 1. The van der Waals surface area contributed by atoms with Crippen LogP contribution in [0.25, 0.3) is 0 Å². The van der Waals surface area contributed by atoms with Crippen LogP contribution in [-0.4, -0.2) is 41.0 Å². The highest BCUT2D eigenvalue weighted by molar-refractivity contribution is 6.32. The van der Waals surface area contributed by atoms with E-state index in [1.807, 2.05) is 13.8 Å². The Kier molecular flexibility index (Phi) is 6.92. The average Bonchev–Trinajstić information content (AvgIpc) is 2.64. The number of piperidine rings is 1. The van der Waals surface area contributed by atoms with Gasteiger partial charge in [0.2, 0.25) is 5.88 Å². The van der Waals surface area contributed by atoms with Gasteiger partial charge in [0.1, 0.15) is 5.02 Å². The third-order valence-corrected chi connectivity index (χ3v) is 5.10. The monoisotopic (exact) mass is 401 g/mol. The molecule has 2 aromatic rings. The zero-order valence-corrected chi connectivity index (χ0v) is 17.5. The van der Waals surface area contributed by atoms with E-state index in [9.17, 15) is 4.79 Å². The minimum atomic E-state index is -0.136. The van der Waals surface area contributed by atoms with Crippen LogP contribution in [0.1, 0.15) is 48.2 Å². The summed E-state index contributed by atoms with van der Waals surface area (Å²) in [6.45, 7) is 8.83. The van der Waals surface area contributed by atoms with Crippen molar-refractivity contribution in [2.24, 2.45) is 0 Å². The van der Waals surface area contributed by atoms with E-state index in [4.69, 9.17) is 16.3 Å². The van der Waals surface area contributed by atoms with Gasteiger partial charge in [-0.3, -0.25) is 9.69 Å². The zero-order valence-electron chi connectivity index (χ0n) is 16.7. The minimum Gasteiger partial charge on any atom is -0.474 e. The number of rotatable bonds is 6. The summed E-state index contributed by atoms with van der Waals surface area (Å²) in [5.41, 5.74) is 3.09. The number of hydrogen-bond acceptors (Lipinski definition) is 4. The number of nitrogens with zero attached hydrogens (tertiary/aromatic N) is 2.